The Kier molecular flexibility index (Phi) is 2.88. The van der Waals surface area contributed by atoms with Crippen LogP contribution in [-0.2, 0) is 6.42 Å². The van der Waals surface area contributed by atoms with Crippen molar-refractivity contribution in [1.82, 2.24) is 4.98 Å². The van der Waals surface area contributed by atoms with E-state index in [9.17, 15) is 4.79 Å². The molecule has 92 valence electrons. The Hall–Kier alpha value is -1.68. The Bertz CT molecular complexity index is 586. The van der Waals surface area contributed by atoms with Crippen molar-refractivity contribution in [2.75, 3.05) is 7.11 Å². The van der Waals surface area contributed by atoms with Crippen molar-refractivity contribution in [3.8, 4) is 16.3 Å². The van der Waals surface area contributed by atoms with Gasteiger partial charge in [-0.25, -0.2) is 4.98 Å². The molecule has 0 unspecified atom stereocenters. The van der Waals surface area contributed by atoms with Crippen molar-refractivity contribution in [3.63, 3.8) is 0 Å². The van der Waals surface area contributed by atoms with Gasteiger partial charge in [0.15, 0.2) is 5.78 Å². The van der Waals surface area contributed by atoms with Crippen LogP contribution in [0.5, 0.6) is 5.75 Å². The van der Waals surface area contributed by atoms with E-state index in [1.54, 1.807) is 18.4 Å². The Morgan fingerprint density at radius 2 is 2.00 bits per heavy atom. The van der Waals surface area contributed by atoms with E-state index in [1.165, 1.54) is 0 Å². The molecule has 18 heavy (non-hydrogen) atoms. The van der Waals surface area contributed by atoms with E-state index in [0.717, 1.165) is 34.0 Å². The summed E-state index contributed by atoms with van der Waals surface area (Å²) in [5, 5.41) is 0.929. The topological polar surface area (TPSA) is 39.2 Å². The average molecular weight is 259 g/mol. The van der Waals surface area contributed by atoms with Gasteiger partial charge in [-0.15, -0.1) is 11.3 Å². The van der Waals surface area contributed by atoms with Gasteiger partial charge < -0.3 is 4.74 Å². The quantitative estimate of drug-likeness (QED) is 0.830. The monoisotopic (exact) mass is 259 g/mol. The first-order valence-corrected chi connectivity index (χ1v) is 6.77. The molecule has 1 aromatic heterocycles. The predicted octanol–water partition coefficient (Wildman–Crippen LogP) is 3.34. The Balaban J connectivity index is 1.99. The molecule has 1 aliphatic rings. The predicted molar refractivity (Wildman–Crippen MR) is 71.4 cm³/mol. The summed E-state index contributed by atoms with van der Waals surface area (Å²) < 4.78 is 5.13. The number of nitrogens with zero attached hydrogens (tertiary/aromatic N) is 1. The van der Waals surface area contributed by atoms with Gasteiger partial charge in [0.1, 0.15) is 16.5 Å². The van der Waals surface area contributed by atoms with Crippen molar-refractivity contribution in [2.45, 2.75) is 19.3 Å². The zero-order chi connectivity index (χ0) is 12.5. The maximum atomic E-state index is 11.8. The van der Waals surface area contributed by atoms with Gasteiger partial charge in [0.05, 0.1) is 7.11 Å². The lowest BCUT2D eigenvalue weighted by atomic mass is 10.0. The maximum Gasteiger partial charge on any atom is 0.182 e. The van der Waals surface area contributed by atoms with Crippen LogP contribution in [0.4, 0.5) is 0 Å². The molecule has 3 rings (SSSR count). The molecule has 3 nitrogen and oxygen atoms in total. The molecule has 2 aromatic rings. The number of benzene rings is 1. The molecule has 1 aliphatic carbocycles. The largest absolute Gasteiger partial charge is 0.497 e. The zero-order valence-electron chi connectivity index (χ0n) is 10.1. The van der Waals surface area contributed by atoms with Crippen molar-refractivity contribution < 1.29 is 9.53 Å². The Labute approximate surface area is 109 Å². The normalized spacial score (nSPS) is 14.4. The summed E-state index contributed by atoms with van der Waals surface area (Å²) in [7, 11) is 1.65. The van der Waals surface area contributed by atoms with Gasteiger partial charge in [0, 0.05) is 16.9 Å². The first-order chi connectivity index (χ1) is 8.78. The molecule has 1 aromatic carbocycles. The highest BCUT2D eigenvalue weighted by atomic mass is 32.1. The molecule has 0 N–H and O–H groups in total. The van der Waals surface area contributed by atoms with Gasteiger partial charge in [0.25, 0.3) is 0 Å². The van der Waals surface area contributed by atoms with E-state index in [1.807, 2.05) is 24.3 Å². The molecular formula is C14H13NO2S. The SMILES string of the molecule is COc1ccc(-c2nc3c(s2)CCCC3=O)cc1. The van der Waals surface area contributed by atoms with Crippen LogP contribution in [0.3, 0.4) is 0 Å². The van der Waals surface area contributed by atoms with Crippen LogP contribution >= 0.6 is 11.3 Å². The molecule has 4 heteroatoms. The molecular weight excluding hydrogens is 246 g/mol. The van der Waals surface area contributed by atoms with Gasteiger partial charge in [-0.1, -0.05) is 0 Å². The van der Waals surface area contributed by atoms with Gasteiger partial charge in [-0.3, -0.25) is 4.79 Å². The number of ether oxygens (including phenoxy) is 1. The minimum absolute atomic E-state index is 0.187. The molecule has 0 fully saturated rings. The van der Waals surface area contributed by atoms with Crippen LogP contribution in [0.25, 0.3) is 10.6 Å². The third-order valence-electron chi connectivity index (χ3n) is 3.11. The minimum Gasteiger partial charge on any atom is -0.497 e. The summed E-state index contributed by atoms with van der Waals surface area (Å²) in [6, 6.07) is 7.79. The van der Waals surface area contributed by atoms with Crippen LogP contribution in [0.15, 0.2) is 24.3 Å². The molecule has 0 atom stereocenters. The lowest BCUT2D eigenvalue weighted by Crippen LogP contribution is -2.08. The fourth-order valence-electron chi connectivity index (χ4n) is 2.12. The summed E-state index contributed by atoms with van der Waals surface area (Å²) in [5.41, 5.74) is 1.74. The van der Waals surface area contributed by atoms with Gasteiger partial charge in [0.2, 0.25) is 0 Å². The number of hydrogen-bond donors (Lipinski definition) is 0. The lowest BCUT2D eigenvalue weighted by Gasteiger charge is -2.06. The van der Waals surface area contributed by atoms with Crippen LogP contribution in [-0.4, -0.2) is 17.9 Å². The zero-order valence-corrected chi connectivity index (χ0v) is 10.9. The Morgan fingerprint density at radius 1 is 1.22 bits per heavy atom. The van der Waals surface area contributed by atoms with E-state index in [0.29, 0.717) is 12.1 Å². The number of aromatic nitrogens is 1. The number of hydrogen-bond acceptors (Lipinski definition) is 4. The number of thiazole rings is 1. The van der Waals surface area contributed by atoms with E-state index in [4.69, 9.17) is 4.74 Å². The fraction of sp³-hybridized carbons (Fsp3) is 0.286. The molecule has 0 bridgehead atoms. The second kappa shape index (κ2) is 4.53. The summed E-state index contributed by atoms with van der Waals surface area (Å²) in [6.45, 7) is 0. The molecule has 1 heterocycles. The third-order valence-corrected chi connectivity index (χ3v) is 4.27. The first kappa shape index (κ1) is 11.4. The number of aryl methyl sites for hydroxylation is 1. The van der Waals surface area contributed by atoms with Crippen LogP contribution in [0.1, 0.15) is 28.2 Å². The summed E-state index contributed by atoms with van der Waals surface area (Å²) in [6.07, 6.45) is 2.57. The highest BCUT2D eigenvalue weighted by Crippen LogP contribution is 2.33. The molecule has 0 aliphatic heterocycles. The maximum absolute atomic E-state index is 11.8. The van der Waals surface area contributed by atoms with E-state index in [-0.39, 0.29) is 5.78 Å². The molecule has 0 saturated carbocycles. The molecule has 0 amide bonds. The van der Waals surface area contributed by atoms with Crippen LogP contribution < -0.4 is 4.74 Å². The molecule has 0 spiro atoms. The number of carbonyl (C=O) groups excluding carboxylic acids is 1. The lowest BCUT2D eigenvalue weighted by molar-refractivity contribution is 0.0968. The second-order valence-electron chi connectivity index (χ2n) is 4.30. The van der Waals surface area contributed by atoms with Gasteiger partial charge >= 0.3 is 0 Å². The van der Waals surface area contributed by atoms with Crippen molar-refractivity contribution >= 4 is 17.1 Å². The number of ketones is 1. The number of rotatable bonds is 2. The highest BCUT2D eigenvalue weighted by Gasteiger charge is 2.22. The first-order valence-electron chi connectivity index (χ1n) is 5.95. The van der Waals surface area contributed by atoms with Crippen LogP contribution in [0, 0.1) is 0 Å². The Morgan fingerprint density at radius 3 is 2.67 bits per heavy atom. The number of carbonyl (C=O) groups is 1. The number of fused-ring (bicyclic) bond motifs is 1. The minimum atomic E-state index is 0.187. The standard InChI is InChI=1S/C14H13NO2S/c1-17-10-7-5-9(6-8-10)14-15-13-11(16)3-2-4-12(13)18-14/h5-8H,2-4H2,1H3. The van der Waals surface area contributed by atoms with Gasteiger partial charge in [-0.2, -0.15) is 0 Å². The van der Waals surface area contributed by atoms with Crippen LogP contribution in [0.2, 0.25) is 0 Å². The van der Waals surface area contributed by atoms with E-state index in [2.05, 4.69) is 4.98 Å². The fourth-order valence-corrected chi connectivity index (χ4v) is 3.25. The van der Waals surface area contributed by atoms with Gasteiger partial charge in [-0.05, 0) is 37.1 Å². The summed E-state index contributed by atoms with van der Waals surface area (Å²) in [4.78, 5) is 17.4. The van der Waals surface area contributed by atoms with Crippen molar-refractivity contribution in [3.05, 3.63) is 34.8 Å². The highest BCUT2D eigenvalue weighted by molar-refractivity contribution is 7.15. The summed E-state index contributed by atoms with van der Waals surface area (Å²) in [5.74, 6) is 1.02. The second-order valence-corrected chi connectivity index (χ2v) is 5.38. The smallest absolute Gasteiger partial charge is 0.182 e. The number of methoxy groups -OCH3 is 1. The van der Waals surface area contributed by atoms with E-state index >= 15 is 0 Å². The average Bonchev–Trinajstić information content (AvgIpc) is 2.84. The van der Waals surface area contributed by atoms with Crippen molar-refractivity contribution in [2.24, 2.45) is 0 Å². The third kappa shape index (κ3) is 1.93. The van der Waals surface area contributed by atoms with E-state index < -0.39 is 0 Å². The summed E-state index contributed by atoms with van der Waals surface area (Å²) >= 11 is 1.63. The van der Waals surface area contributed by atoms with Crippen molar-refractivity contribution in [1.29, 1.82) is 0 Å². The molecule has 0 saturated heterocycles. The molecule has 0 radical (unpaired) electrons. The number of Topliss-reactive ketones (excluding diaryl/α,β-unsaturated/α-hetero) is 1.